The smallest absolute Gasteiger partial charge is 0.310 e. The summed E-state index contributed by atoms with van der Waals surface area (Å²) in [6.07, 6.45) is 3.64. The van der Waals surface area contributed by atoms with Crippen LogP contribution in [0.3, 0.4) is 0 Å². The van der Waals surface area contributed by atoms with Crippen molar-refractivity contribution in [2.75, 3.05) is 46.5 Å². The zero-order valence-corrected chi connectivity index (χ0v) is 20.9. The van der Waals surface area contributed by atoms with E-state index in [0.29, 0.717) is 13.2 Å². The average Bonchev–Trinajstić information content (AvgIpc) is 2.75. The molecule has 30 heavy (non-hydrogen) atoms. The van der Waals surface area contributed by atoms with Crippen LogP contribution < -0.4 is 5.32 Å². The summed E-state index contributed by atoms with van der Waals surface area (Å²) in [6.45, 7) is 5.97. The second-order valence-corrected chi connectivity index (χ2v) is 8.22. The first-order valence-electron chi connectivity index (χ1n) is 10.5. The lowest BCUT2D eigenvalue weighted by Crippen LogP contribution is -2.52. The van der Waals surface area contributed by atoms with Gasteiger partial charge in [-0.3, -0.25) is 9.79 Å². The number of rotatable bonds is 5. The van der Waals surface area contributed by atoms with Gasteiger partial charge < -0.3 is 19.7 Å². The van der Waals surface area contributed by atoms with Gasteiger partial charge in [-0.2, -0.15) is 0 Å². The molecule has 0 spiro atoms. The normalized spacial score (nSPS) is 21.5. The van der Waals surface area contributed by atoms with Crippen molar-refractivity contribution < 1.29 is 14.3 Å². The van der Waals surface area contributed by atoms with Crippen molar-refractivity contribution in [3.8, 4) is 0 Å². The third kappa shape index (κ3) is 6.01. The van der Waals surface area contributed by atoms with Gasteiger partial charge in [0.2, 0.25) is 0 Å². The lowest BCUT2D eigenvalue weighted by molar-refractivity contribution is -0.149. The highest BCUT2D eigenvalue weighted by atomic mass is 127. The van der Waals surface area contributed by atoms with Crippen LogP contribution in [0.5, 0.6) is 0 Å². The van der Waals surface area contributed by atoms with E-state index in [4.69, 9.17) is 21.1 Å². The number of benzene rings is 1. The first-order valence-corrected chi connectivity index (χ1v) is 10.9. The Balaban J connectivity index is 0.00000320. The number of aliphatic imine (C=N–C) groups is 1. The number of hydrogen-bond donors (Lipinski definition) is 1. The molecule has 1 N–H and O–H groups in total. The van der Waals surface area contributed by atoms with Crippen LogP contribution in [-0.2, 0) is 19.7 Å². The molecule has 0 bridgehead atoms. The minimum atomic E-state index is -0.107. The van der Waals surface area contributed by atoms with Crippen LogP contribution in [-0.4, -0.2) is 63.3 Å². The summed E-state index contributed by atoms with van der Waals surface area (Å²) in [4.78, 5) is 18.9. The number of nitrogens with zero attached hydrogens (tertiary/aromatic N) is 2. The Morgan fingerprint density at radius 3 is 2.77 bits per heavy atom. The highest BCUT2D eigenvalue weighted by Crippen LogP contribution is 2.38. The summed E-state index contributed by atoms with van der Waals surface area (Å²) in [5.74, 6) is 0.629. The van der Waals surface area contributed by atoms with Crippen LogP contribution in [0.25, 0.3) is 0 Å². The summed E-state index contributed by atoms with van der Waals surface area (Å²) in [5, 5.41) is 4.37. The van der Waals surface area contributed by atoms with Gasteiger partial charge in [-0.1, -0.05) is 29.8 Å². The molecule has 0 radical (unpaired) electrons. The van der Waals surface area contributed by atoms with Gasteiger partial charge in [0.1, 0.15) is 0 Å². The Bertz CT molecular complexity index is 725. The second kappa shape index (κ2) is 12.1. The Morgan fingerprint density at radius 2 is 2.10 bits per heavy atom. The number of esters is 1. The molecule has 1 aromatic rings. The quantitative estimate of drug-likeness (QED) is 0.262. The SMILES string of the molecule is CCOC(=O)C1CCCN(C(=NC)NCC2(c3ccccc3Cl)CCOCC2)C1.I. The van der Waals surface area contributed by atoms with Crippen LogP contribution in [0.4, 0.5) is 0 Å². The third-order valence-corrected chi connectivity index (χ3v) is 6.36. The third-order valence-electron chi connectivity index (χ3n) is 6.03. The molecule has 2 heterocycles. The Kier molecular flexibility index (Phi) is 10.2. The number of likely N-dealkylation sites (tertiary alicyclic amines) is 1. The fraction of sp³-hybridized carbons (Fsp3) is 0.636. The maximum absolute atomic E-state index is 12.2. The molecule has 2 saturated heterocycles. The molecule has 8 heteroatoms. The second-order valence-electron chi connectivity index (χ2n) is 7.81. The molecule has 1 atom stereocenters. The summed E-state index contributed by atoms with van der Waals surface area (Å²) in [6, 6.07) is 8.09. The van der Waals surface area contributed by atoms with Crippen LogP contribution in [0, 0.1) is 5.92 Å². The van der Waals surface area contributed by atoms with Crippen molar-refractivity contribution in [2.45, 2.75) is 38.0 Å². The topological polar surface area (TPSA) is 63.2 Å². The van der Waals surface area contributed by atoms with E-state index in [9.17, 15) is 4.79 Å². The zero-order chi connectivity index (χ0) is 20.7. The van der Waals surface area contributed by atoms with Gasteiger partial charge >= 0.3 is 5.97 Å². The Morgan fingerprint density at radius 1 is 1.37 bits per heavy atom. The highest BCUT2D eigenvalue weighted by molar-refractivity contribution is 14.0. The first-order chi connectivity index (χ1) is 14.1. The van der Waals surface area contributed by atoms with Crippen LogP contribution >= 0.6 is 35.6 Å². The van der Waals surface area contributed by atoms with Gasteiger partial charge in [0.25, 0.3) is 0 Å². The van der Waals surface area contributed by atoms with Gasteiger partial charge in [-0.15, -0.1) is 24.0 Å². The van der Waals surface area contributed by atoms with Gasteiger partial charge in [0.05, 0.1) is 12.5 Å². The molecule has 2 fully saturated rings. The molecule has 2 aliphatic rings. The van der Waals surface area contributed by atoms with Crippen molar-refractivity contribution in [1.29, 1.82) is 0 Å². The monoisotopic (exact) mass is 549 g/mol. The molecule has 1 aromatic carbocycles. The summed E-state index contributed by atoms with van der Waals surface area (Å²) in [5.41, 5.74) is 1.07. The fourth-order valence-corrected chi connectivity index (χ4v) is 4.73. The van der Waals surface area contributed by atoms with Gasteiger partial charge in [0.15, 0.2) is 5.96 Å². The van der Waals surface area contributed by atoms with Crippen molar-refractivity contribution in [2.24, 2.45) is 10.9 Å². The first kappa shape index (κ1) is 25.2. The predicted octanol–water partition coefficient (Wildman–Crippen LogP) is 3.86. The number of ether oxygens (including phenoxy) is 2. The van der Waals surface area contributed by atoms with E-state index in [1.807, 2.05) is 25.1 Å². The Hall–Kier alpha value is -1.06. The number of carbonyl (C=O) groups is 1. The van der Waals surface area contributed by atoms with Crippen LogP contribution in [0.2, 0.25) is 5.02 Å². The molecule has 3 rings (SSSR count). The van der Waals surface area contributed by atoms with Crippen LogP contribution in [0.15, 0.2) is 29.3 Å². The van der Waals surface area contributed by atoms with E-state index in [1.54, 1.807) is 7.05 Å². The van der Waals surface area contributed by atoms with Crippen molar-refractivity contribution in [3.05, 3.63) is 34.9 Å². The number of nitrogens with one attached hydrogen (secondary N) is 1. The molecule has 0 amide bonds. The van der Waals surface area contributed by atoms with Gasteiger partial charge in [0, 0.05) is 50.3 Å². The van der Waals surface area contributed by atoms with E-state index in [2.05, 4.69) is 21.3 Å². The molecular formula is C22H33ClIN3O3. The van der Waals surface area contributed by atoms with E-state index in [0.717, 1.165) is 68.5 Å². The molecular weight excluding hydrogens is 517 g/mol. The number of carbonyl (C=O) groups excluding carboxylic acids is 1. The fourth-order valence-electron chi connectivity index (χ4n) is 4.40. The van der Waals surface area contributed by atoms with Gasteiger partial charge in [-0.25, -0.2) is 0 Å². The maximum atomic E-state index is 12.2. The minimum Gasteiger partial charge on any atom is -0.466 e. The molecule has 0 aromatic heterocycles. The summed E-state index contributed by atoms with van der Waals surface area (Å²) < 4.78 is 10.9. The molecule has 1 unspecified atom stereocenters. The maximum Gasteiger partial charge on any atom is 0.310 e. The van der Waals surface area contributed by atoms with Crippen molar-refractivity contribution >= 4 is 47.5 Å². The van der Waals surface area contributed by atoms with Crippen molar-refractivity contribution in [1.82, 2.24) is 10.2 Å². The van der Waals surface area contributed by atoms with E-state index in [-0.39, 0.29) is 41.3 Å². The largest absolute Gasteiger partial charge is 0.466 e. The van der Waals surface area contributed by atoms with Crippen LogP contribution in [0.1, 0.15) is 38.2 Å². The summed E-state index contributed by atoms with van der Waals surface area (Å²) >= 11 is 6.57. The van der Waals surface area contributed by atoms with E-state index < -0.39 is 0 Å². The highest BCUT2D eigenvalue weighted by Gasteiger charge is 2.37. The lowest BCUT2D eigenvalue weighted by Gasteiger charge is -2.40. The standard InChI is InChI=1S/C22H32ClN3O3.HI/c1-3-29-20(27)17-7-6-12-26(15-17)21(24-2)25-16-22(10-13-28-14-11-22)18-8-4-5-9-19(18)23;/h4-5,8-9,17H,3,6-7,10-16H2,1-2H3,(H,24,25);1H. The van der Waals surface area contributed by atoms with Gasteiger partial charge in [-0.05, 0) is 44.2 Å². The molecule has 0 aliphatic carbocycles. The molecule has 6 nitrogen and oxygen atoms in total. The Labute approximate surface area is 201 Å². The number of halogens is 2. The average molecular weight is 550 g/mol. The van der Waals surface area contributed by atoms with E-state index in [1.165, 1.54) is 0 Å². The minimum absolute atomic E-state index is 0. The zero-order valence-electron chi connectivity index (χ0n) is 17.9. The number of piperidine rings is 1. The molecule has 168 valence electrons. The molecule has 2 aliphatic heterocycles. The van der Waals surface area contributed by atoms with E-state index >= 15 is 0 Å². The van der Waals surface area contributed by atoms with Crippen molar-refractivity contribution in [3.63, 3.8) is 0 Å². The number of guanidine groups is 1. The number of hydrogen-bond acceptors (Lipinski definition) is 4. The molecule has 0 saturated carbocycles. The lowest BCUT2D eigenvalue weighted by atomic mass is 9.74. The summed E-state index contributed by atoms with van der Waals surface area (Å²) in [7, 11) is 1.79. The predicted molar refractivity (Wildman–Crippen MR) is 131 cm³/mol.